The summed E-state index contributed by atoms with van der Waals surface area (Å²) in [5.41, 5.74) is 0.928. The first-order chi connectivity index (χ1) is 16.6. The molecule has 1 aromatic heterocycles. The second kappa shape index (κ2) is 11.0. The number of anilines is 2. The van der Waals surface area contributed by atoms with Gasteiger partial charge in [-0.25, -0.2) is 0 Å². The van der Waals surface area contributed by atoms with Crippen LogP contribution in [0.25, 0.3) is 0 Å². The van der Waals surface area contributed by atoms with Crippen LogP contribution in [0.15, 0.2) is 24.3 Å². The van der Waals surface area contributed by atoms with E-state index < -0.39 is 23.6 Å². The predicted molar refractivity (Wildman–Crippen MR) is 127 cm³/mol. The Morgan fingerprint density at radius 3 is 2.29 bits per heavy atom. The summed E-state index contributed by atoms with van der Waals surface area (Å²) in [5, 5.41) is 14.9. The van der Waals surface area contributed by atoms with E-state index in [1.165, 1.54) is 23.1 Å². The highest BCUT2D eigenvalue weighted by Gasteiger charge is 2.33. The molecule has 1 aliphatic carbocycles. The highest BCUT2D eigenvalue weighted by molar-refractivity contribution is 5.95. The Bertz CT molecular complexity index is 1130. The summed E-state index contributed by atoms with van der Waals surface area (Å²) in [5.74, 6) is -0.585. The molecule has 1 aromatic carbocycles. The fourth-order valence-corrected chi connectivity index (χ4v) is 4.59. The third-order valence-corrected chi connectivity index (χ3v) is 6.50. The summed E-state index contributed by atoms with van der Waals surface area (Å²) in [6.45, 7) is 5.46. The molecule has 2 aromatic rings. The Hall–Kier alpha value is -3.32. The van der Waals surface area contributed by atoms with Gasteiger partial charge in [-0.2, -0.15) is 18.4 Å². The van der Waals surface area contributed by atoms with Crippen LogP contribution in [0.2, 0.25) is 0 Å². The Labute approximate surface area is 202 Å². The molecule has 7 nitrogen and oxygen atoms in total. The number of likely N-dealkylation sites (N-methyl/N-ethyl adjacent to an activating group) is 1. The average molecular weight is 490 g/mol. The van der Waals surface area contributed by atoms with Crippen molar-refractivity contribution >= 4 is 23.3 Å². The van der Waals surface area contributed by atoms with Gasteiger partial charge in [0.25, 0.3) is 0 Å². The van der Waals surface area contributed by atoms with Crippen molar-refractivity contribution in [3.63, 3.8) is 0 Å². The molecule has 0 bridgehead atoms. The standard InChI is InChI=1S/C25H30F3N5O2/c1-4-32(14-22(34)30-21-12-8-7-11-20(21)25(26,27)28)15-23(35)31-24-19(13-29)16(2)17(3)33(24)18-9-5-6-10-18/h7-8,11-12,18H,4-6,9-10,14-15H2,1-3H3,(H,30,34)(H,31,35). The number of nitrogens with one attached hydrogen (secondary N) is 2. The van der Waals surface area contributed by atoms with Crippen molar-refractivity contribution in [1.82, 2.24) is 9.47 Å². The molecule has 1 aliphatic rings. The molecule has 2 N–H and O–H groups in total. The lowest BCUT2D eigenvalue weighted by atomic mass is 10.1. The van der Waals surface area contributed by atoms with Crippen LogP contribution in [0.5, 0.6) is 0 Å². The minimum absolute atomic E-state index is 0.149. The summed E-state index contributed by atoms with van der Waals surface area (Å²) in [4.78, 5) is 26.9. The van der Waals surface area contributed by atoms with Crippen LogP contribution in [0.3, 0.4) is 0 Å². The number of amides is 2. The van der Waals surface area contributed by atoms with Crippen LogP contribution in [-0.2, 0) is 15.8 Å². The maximum Gasteiger partial charge on any atom is 0.418 e. The molecule has 0 atom stereocenters. The fraction of sp³-hybridized carbons (Fsp3) is 0.480. The molecule has 0 unspecified atom stereocenters. The van der Waals surface area contributed by atoms with Crippen LogP contribution in [-0.4, -0.2) is 40.9 Å². The number of benzene rings is 1. The second-order valence-corrected chi connectivity index (χ2v) is 8.80. The summed E-state index contributed by atoms with van der Waals surface area (Å²) < 4.78 is 41.6. The first-order valence-corrected chi connectivity index (χ1v) is 11.7. The van der Waals surface area contributed by atoms with Gasteiger partial charge in [0.1, 0.15) is 11.9 Å². The van der Waals surface area contributed by atoms with E-state index >= 15 is 0 Å². The van der Waals surface area contributed by atoms with Crippen LogP contribution in [0.4, 0.5) is 24.7 Å². The number of carbonyl (C=O) groups is 2. The molecule has 1 heterocycles. The molecular formula is C25H30F3N5O2. The van der Waals surface area contributed by atoms with Gasteiger partial charge in [0.2, 0.25) is 11.8 Å². The van der Waals surface area contributed by atoms with E-state index in [0.717, 1.165) is 43.0 Å². The number of aromatic nitrogens is 1. The summed E-state index contributed by atoms with van der Waals surface area (Å²) >= 11 is 0. The normalized spacial score (nSPS) is 14.2. The van der Waals surface area contributed by atoms with Gasteiger partial charge in [-0.15, -0.1) is 0 Å². The molecule has 0 spiro atoms. The molecule has 188 valence electrons. The van der Waals surface area contributed by atoms with Crippen molar-refractivity contribution in [3.8, 4) is 6.07 Å². The Balaban J connectivity index is 1.70. The number of rotatable bonds is 8. The Morgan fingerprint density at radius 1 is 1.11 bits per heavy atom. The van der Waals surface area contributed by atoms with E-state index in [1.54, 1.807) is 6.92 Å². The van der Waals surface area contributed by atoms with Crippen LogP contribution < -0.4 is 10.6 Å². The molecule has 3 rings (SSSR count). The molecular weight excluding hydrogens is 459 g/mol. The molecule has 0 radical (unpaired) electrons. The number of hydrogen-bond donors (Lipinski definition) is 2. The van der Waals surface area contributed by atoms with Gasteiger partial charge in [0, 0.05) is 11.7 Å². The maximum absolute atomic E-state index is 13.2. The maximum atomic E-state index is 13.2. The van der Waals surface area contributed by atoms with Crippen molar-refractivity contribution in [2.45, 2.75) is 58.7 Å². The van der Waals surface area contributed by atoms with E-state index in [2.05, 4.69) is 16.7 Å². The zero-order chi connectivity index (χ0) is 25.8. The van der Waals surface area contributed by atoms with Crippen molar-refractivity contribution in [2.24, 2.45) is 0 Å². The lowest BCUT2D eigenvalue weighted by molar-refractivity contribution is -0.137. The van der Waals surface area contributed by atoms with Crippen molar-refractivity contribution < 1.29 is 22.8 Å². The number of halogens is 3. The molecule has 0 aliphatic heterocycles. The van der Waals surface area contributed by atoms with Crippen molar-refractivity contribution in [1.29, 1.82) is 5.26 Å². The lowest BCUT2D eigenvalue weighted by Gasteiger charge is -2.22. The van der Waals surface area contributed by atoms with Crippen molar-refractivity contribution in [2.75, 3.05) is 30.3 Å². The monoisotopic (exact) mass is 489 g/mol. The molecule has 2 amide bonds. The lowest BCUT2D eigenvalue weighted by Crippen LogP contribution is -2.39. The summed E-state index contributed by atoms with van der Waals surface area (Å²) in [6.07, 6.45) is -0.469. The number of alkyl halides is 3. The topological polar surface area (TPSA) is 90.2 Å². The summed E-state index contributed by atoms with van der Waals surface area (Å²) in [7, 11) is 0. The highest BCUT2D eigenvalue weighted by Crippen LogP contribution is 2.38. The van der Waals surface area contributed by atoms with E-state index in [1.807, 2.05) is 18.4 Å². The average Bonchev–Trinajstić information content (AvgIpc) is 3.39. The number of para-hydroxylation sites is 1. The van der Waals surface area contributed by atoms with Gasteiger partial charge >= 0.3 is 6.18 Å². The third-order valence-electron chi connectivity index (χ3n) is 6.50. The zero-order valence-corrected chi connectivity index (χ0v) is 20.1. The smallest absolute Gasteiger partial charge is 0.327 e. The third kappa shape index (κ3) is 6.03. The molecule has 1 saturated carbocycles. The van der Waals surface area contributed by atoms with Gasteiger partial charge < -0.3 is 15.2 Å². The minimum Gasteiger partial charge on any atom is -0.327 e. The van der Waals surface area contributed by atoms with Crippen LogP contribution >= 0.6 is 0 Å². The van der Waals surface area contributed by atoms with E-state index in [0.29, 0.717) is 17.9 Å². The number of nitriles is 1. The molecule has 35 heavy (non-hydrogen) atoms. The van der Waals surface area contributed by atoms with Crippen LogP contribution in [0.1, 0.15) is 61.0 Å². The molecule has 1 fully saturated rings. The van der Waals surface area contributed by atoms with Gasteiger partial charge in [-0.3, -0.25) is 14.5 Å². The highest BCUT2D eigenvalue weighted by atomic mass is 19.4. The first kappa shape index (κ1) is 26.3. The molecule has 0 saturated heterocycles. The van der Waals surface area contributed by atoms with Gasteiger partial charge in [-0.05, 0) is 50.9 Å². The SMILES string of the molecule is CCN(CC(=O)Nc1ccccc1C(F)(F)F)CC(=O)Nc1c(C#N)c(C)c(C)n1C1CCCC1. The quantitative estimate of drug-likeness (QED) is 0.546. The molecule has 10 heteroatoms. The first-order valence-electron chi connectivity index (χ1n) is 11.7. The number of nitrogens with zero attached hydrogens (tertiary/aromatic N) is 3. The Morgan fingerprint density at radius 2 is 1.71 bits per heavy atom. The van der Waals surface area contributed by atoms with E-state index in [4.69, 9.17) is 0 Å². The van der Waals surface area contributed by atoms with E-state index in [9.17, 15) is 28.0 Å². The van der Waals surface area contributed by atoms with Gasteiger partial charge in [-0.1, -0.05) is 31.9 Å². The summed E-state index contributed by atoms with van der Waals surface area (Å²) in [6, 6.07) is 7.16. The van der Waals surface area contributed by atoms with Gasteiger partial charge in [0.15, 0.2) is 0 Å². The van der Waals surface area contributed by atoms with E-state index in [-0.39, 0.29) is 24.8 Å². The largest absolute Gasteiger partial charge is 0.418 e. The zero-order valence-electron chi connectivity index (χ0n) is 20.1. The second-order valence-electron chi connectivity index (χ2n) is 8.80. The fourth-order valence-electron chi connectivity index (χ4n) is 4.59. The Kier molecular flexibility index (Phi) is 8.22. The van der Waals surface area contributed by atoms with Gasteiger partial charge in [0.05, 0.1) is 29.9 Å². The van der Waals surface area contributed by atoms with Crippen LogP contribution in [0, 0.1) is 25.2 Å². The number of hydrogen-bond acceptors (Lipinski definition) is 4. The minimum atomic E-state index is -4.60. The predicted octanol–water partition coefficient (Wildman–Crippen LogP) is 5.01. The van der Waals surface area contributed by atoms with Crippen molar-refractivity contribution in [3.05, 3.63) is 46.6 Å². The number of carbonyl (C=O) groups excluding carboxylic acids is 2.